The Hall–Kier alpha value is -2.04. The van der Waals surface area contributed by atoms with Crippen LogP contribution in [0.25, 0.3) is 0 Å². The molecule has 3 amide bonds. The Morgan fingerprint density at radius 3 is 2.64 bits per heavy atom. The molecular formula is C20H29N3O2. The second-order valence-corrected chi connectivity index (χ2v) is 7.24. The molecule has 0 bridgehead atoms. The highest BCUT2D eigenvalue weighted by Crippen LogP contribution is 2.33. The van der Waals surface area contributed by atoms with E-state index in [1.165, 1.54) is 24.0 Å². The van der Waals surface area contributed by atoms with Crippen LogP contribution >= 0.6 is 0 Å². The Kier molecular flexibility index (Phi) is 5.95. The molecule has 5 heteroatoms. The number of hydrogen-bond donors (Lipinski definition) is 2. The second-order valence-electron chi connectivity index (χ2n) is 7.24. The zero-order valence-electron chi connectivity index (χ0n) is 15.1. The minimum atomic E-state index is -0.0561. The normalized spacial score (nSPS) is 20.7. The minimum Gasteiger partial charge on any atom is -0.353 e. The molecule has 1 aliphatic carbocycles. The van der Waals surface area contributed by atoms with Gasteiger partial charge < -0.3 is 15.5 Å². The van der Waals surface area contributed by atoms with E-state index >= 15 is 0 Å². The van der Waals surface area contributed by atoms with Gasteiger partial charge in [-0.05, 0) is 43.7 Å². The van der Waals surface area contributed by atoms with Crippen molar-refractivity contribution in [1.29, 1.82) is 0 Å². The maximum Gasteiger partial charge on any atom is 0.317 e. The zero-order chi connectivity index (χ0) is 17.6. The van der Waals surface area contributed by atoms with Gasteiger partial charge in [0, 0.05) is 25.6 Å². The number of rotatable bonds is 5. The molecule has 136 valence electrons. The molecule has 2 aliphatic rings. The van der Waals surface area contributed by atoms with Crippen LogP contribution in [0, 0.1) is 6.92 Å². The lowest BCUT2D eigenvalue weighted by atomic mass is 9.99. The number of carbonyl (C=O) groups is 2. The highest BCUT2D eigenvalue weighted by Gasteiger charge is 2.30. The van der Waals surface area contributed by atoms with Crippen molar-refractivity contribution < 1.29 is 9.59 Å². The molecule has 2 N–H and O–H groups in total. The summed E-state index contributed by atoms with van der Waals surface area (Å²) < 4.78 is 0. The zero-order valence-corrected chi connectivity index (χ0v) is 15.1. The van der Waals surface area contributed by atoms with Gasteiger partial charge in [-0.25, -0.2) is 4.79 Å². The molecule has 0 aromatic heterocycles. The SMILES string of the molecule is Cc1ccccc1C1CCCN1C(=O)NCCC(=O)NC1CCCC1. The number of aryl methyl sites for hydroxylation is 1. The summed E-state index contributed by atoms with van der Waals surface area (Å²) in [6, 6.07) is 8.70. The van der Waals surface area contributed by atoms with Crippen molar-refractivity contribution in [2.45, 2.75) is 64.0 Å². The fourth-order valence-corrected chi connectivity index (χ4v) is 4.05. The van der Waals surface area contributed by atoms with Gasteiger partial charge in [-0.1, -0.05) is 37.1 Å². The van der Waals surface area contributed by atoms with Gasteiger partial charge in [-0.3, -0.25) is 4.79 Å². The Morgan fingerprint density at radius 2 is 1.88 bits per heavy atom. The topological polar surface area (TPSA) is 61.4 Å². The van der Waals surface area contributed by atoms with Crippen LogP contribution in [-0.4, -0.2) is 36.0 Å². The predicted molar refractivity (Wildman–Crippen MR) is 98.3 cm³/mol. The number of likely N-dealkylation sites (tertiary alicyclic amines) is 1. The summed E-state index contributed by atoms with van der Waals surface area (Å²) in [7, 11) is 0. The van der Waals surface area contributed by atoms with Gasteiger partial charge in [0.05, 0.1) is 6.04 Å². The molecule has 1 saturated heterocycles. The standard InChI is InChI=1S/C20H29N3O2/c1-15-7-2-5-10-17(15)18-11-6-14-23(18)20(25)21-13-12-19(24)22-16-8-3-4-9-16/h2,5,7,10,16,18H,3-4,6,8-9,11-14H2,1H3,(H,21,25)(H,22,24). The van der Waals surface area contributed by atoms with Gasteiger partial charge >= 0.3 is 6.03 Å². The number of benzene rings is 1. The molecule has 2 fully saturated rings. The Labute approximate surface area is 150 Å². The van der Waals surface area contributed by atoms with Crippen LogP contribution in [0.2, 0.25) is 0 Å². The van der Waals surface area contributed by atoms with Crippen molar-refractivity contribution >= 4 is 11.9 Å². The average Bonchev–Trinajstić information content (AvgIpc) is 3.26. The average molecular weight is 343 g/mol. The van der Waals surface area contributed by atoms with E-state index in [4.69, 9.17) is 0 Å². The van der Waals surface area contributed by atoms with Crippen LogP contribution in [0.3, 0.4) is 0 Å². The number of nitrogens with zero attached hydrogens (tertiary/aromatic N) is 1. The van der Waals surface area contributed by atoms with Crippen molar-refractivity contribution in [1.82, 2.24) is 15.5 Å². The molecule has 1 heterocycles. The molecule has 1 saturated carbocycles. The Balaban J connectivity index is 1.47. The fraction of sp³-hybridized carbons (Fsp3) is 0.600. The molecule has 1 aromatic rings. The summed E-state index contributed by atoms with van der Waals surface area (Å²) in [6.07, 6.45) is 6.96. The summed E-state index contributed by atoms with van der Waals surface area (Å²) >= 11 is 0. The molecule has 1 unspecified atom stereocenters. The highest BCUT2D eigenvalue weighted by molar-refractivity contribution is 5.78. The van der Waals surface area contributed by atoms with Crippen molar-refractivity contribution in [3.63, 3.8) is 0 Å². The fourth-order valence-electron chi connectivity index (χ4n) is 4.05. The third-order valence-electron chi connectivity index (χ3n) is 5.41. The molecule has 0 spiro atoms. The van der Waals surface area contributed by atoms with Crippen molar-refractivity contribution in [3.05, 3.63) is 35.4 Å². The van der Waals surface area contributed by atoms with Crippen LogP contribution in [0.1, 0.15) is 62.1 Å². The molecule has 1 aromatic carbocycles. The van der Waals surface area contributed by atoms with E-state index in [0.717, 1.165) is 32.2 Å². The summed E-state index contributed by atoms with van der Waals surface area (Å²) in [6.45, 7) is 3.27. The van der Waals surface area contributed by atoms with E-state index in [1.807, 2.05) is 17.0 Å². The third-order valence-corrected chi connectivity index (χ3v) is 5.41. The lowest BCUT2D eigenvalue weighted by molar-refractivity contribution is -0.121. The number of nitrogens with one attached hydrogen (secondary N) is 2. The molecule has 5 nitrogen and oxygen atoms in total. The summed E-state index contributed by atoms with van der Waals surface area (Å²) in [5.74, 6) is 0.0454. The van der Waals surface area contributed by atoms with Crippen LogP contribution < -0.4 is 10.6 Å². The van der Waals surface area contributed by atoms with Crippen LogP contribution in [0.15, 0.2) is 24.3 Å². The number of carbonyl (C=O) groups excluding carboxylic acids is 2. The molecular weight excluding hydrogens is 314 g/mol. The number of urea groups is 1. The van der Waals surface area contributed by atoms with Crippen molar-refractivity contribution in [2.75, 3.05) is 13.1 Å². The van der Waals surface area contributed by atoms with Crippen LogP contribution in [0.5, 0.6) is 0 Å². The summed E-state index contributed by atoms with van der Waals surface area (Å²) in [4.78, 5) is 26.4. The van der Waals surface area contributed by atoms with Crippen LogP contribution in [-0.2, 0) is 4.79 Å². The van der Waals surface area contributed by atoms with Crippen molar-refractivity contribution in [2.24, 2.45) is 0 Å². The smallest absolute Gasteiger partial charge is 0.317 e. The predicted octanol–water partition coefficient (Wildman–Crippen LogP) is 3.29. The molecule has 3 rings (SSSR count). The lowest BCUT2D eigenvalue weighted by Gasteiger charge is -2.26. The Morgan fingerprint density at radius 1 is 1.12 bits per heavy atom. The maximum absolute atomic E-state index is 12.5. The lowest BCUT2D eigenvalue weighted by Crippen LogP contribution is -2.41. The van der Waals surface area contributed by atoms with E-state index in [9.17, 15) is 9.59 Å². The van der Waals surface area contributed by atoms with Gasteiger partial charge in [0.15, 0.2) is 0 Å². The van der Waals surface area contributed by atoms with Gasteiger partial charge in [-0.15, -0.1) is 0 Å². The largest absolute Gasteiger partial charge is 0.353 e. The van der Waals surface area contributed by atoms with E-state index in [1.54, 1.807) is 0 Å². The van der Waals surface area contributed by atoms with E-state index in [-0.39, 0.29) is 18.0 Å². The van der Waals surface area contributed by atoms with Gasteiger partial charge in [0.2, 0.25) is 5.91 Å². The quantitative estimate of drug-likeness (QED) is 0.862. The second kappa shape index (κ2) is 8.37. The highest BCUT2D eigenvalue weighted by atomic mass is 16.2. The molecule has 25 heavy (non-hydrogen) atoms. The number of amides is 3. The monoisotopic (exact) mass is 343 g/mol. The first-order chi connectivity index (χ1) is 12.1. The first-order valence-corrected chi connectivity index (χ1v) is 9.54. The van der Waals surface area contributed by atoms with Crippen LogP contribution in [0.4, 0.5) is 4.79 Å². The summed E-state index contributed by atoms with van der Waals surface area (Å²) in [5.41, 5.74) is 2.46. The van der Waals surface area contributed by atoms with Gasteiger partial charge in [-0.2, -0.15) is 0 Å². The summed E-state index contributed by atoms with van der Waals surface area (Å²) in [5, 5.41) is 5.99. The number of hydrogen-bond acceptors (Lipinski definition) is 2. The van der Waals surface area contributed by atoms with E-state index in [0.29, 0.717) is 19.0 Å². The van der Waals surface area contributed by atoms with Crippen molar-refractivity contribution in [3.8, 4) is 0 Å². The Bertz CT molecular complexity index is 611. The third kappa shape index (κ3) is 4.53. The van der Waals surface area contributed by atoms with Gasteiger partial charge in [0.1, 0.15) is 0 Å². The van der Waals surface area contributed by atoms with Gasteiger partial charge in [0.25, 0.3) is 0 Å². The molecule has 0 radical (unpaired) electrons. The molecule has 1 atom stereocenters. The first kappa shape index (κ1) is 17.8. The van der Waals surface area contributed by atoms with E-state index < -0.39 is 0 Å². The first-order valence-electron chi connectivity index (χ1n) is 9.54. The van der Waals surface area contributed by atoms with E-state index in [2.05, 4.69) is 29.7 Å². The maximum atomic E-state index is 12.5. The minimum absolute atomic E-state index is 0.0454. The molecule has 1 aliphatic heterocycles.